The van der Waals surface area contributed by atoms with Crippen molar-refractivity contribution in [3.05, 3.63) is 95.2 Å². The van der Waals surface area contributed by atoms with Gasteiger partial charge >= 0.3 is 5.97 Å². The molecule has 5 nitrogen and oxygen atoms in total. The van der Waals surface area contributed by atoms with Gasteiger partial charge in [-0.1, -0.05) is 36.4 Å². The molecule has 2 heterocycles. The van der Waals surface area contributed by atoms with Gasteiger partial charge in [0.15, 0.2) is 5.69 Å². The van der Waals surface area contributed by atoms with E-state index in [1.165, 1.54) is 5.56 Å². The number of carboxylic acids is 1. The number of benzene rings is 2. The molecule has 0 amide bonds. The Morgan fingerprint density at radius 3 is 2.66 bits per heavy atom. The Bertz CT molecular complexity index is 1190. The molecule has 0 bridgehead atoms. The lowest BCUT2D eigenvalue weighted by atomic mass is 10.1. The molecule has 0 radical (unpaired) electrons. The minimum atomic E-state index is -1.01. The maximum atomic E-state index is 11.7. The number of hydrogen-bond acceptors (Lipinski definition) is 3. The lowest BCUT2D eigenvalue weighted by Crippen LogP contribution is -2.10. The molecule has 5 heteroatoms. The first-order valence-electron chi connectivity index (χ1n) is 9.88. The van der Waals surface area contributed by atoms with Crippen molar-refractivity contribution >= 4 is 16.9 Å². The Hall–Kier alpha value is -3.47. The van der Waals surface area contributed by atoms with Gasteiger partial charge in [0.2, 0.25) is 0 Å². The summed E-state index contributed by atoms with van der Waals surface area (Å²) in [5.41, 5.74) is 4.85. The molecule has 0 aliphatic heterocycles. The topological polar surface area (TPSA) is 68.0 Å². The summed E-state index contributed by atoms with van der Waals surface area (Å²) in [4.78, 5) is 20.5. The van der Waals surface area contributed by atoms with Crippen molar-refractivity contribution < 1.29 is 9.90 Å². The first-order chi connectivity index (χ1) is 14.2. The van der Waals surface area contributed by atoms with E-state index < -0.39 is 5.97 Å². The van der Waals surface area contributed by atoms with E-state index in [4.69, 9.17) is 0 Å². The molecule has 0 spiro atoms. The van der Waals surface area contributed by atoms with Crippen LogP contribution < -0.4 is 0 Å². The van der Waals surface area contributed by atoms with Crippen LogP contribution in [0.2, 0.25) is 0 Å². The number of hydrogen-bond donors (Lipinski definition) is 1. The van der Waals surface area contributed by atoms with Crippen molar-refractivity contribution in [2.45, 2.75) is 31.7 Å². The van der Waals surface area contributed by atoms with E-state index in [0.29, 0.717) is 18.0 Å². The maximum absolute atomic E-state index is 11.7. The van der Waals surface area contributed by atoms with Gasteiger partial charge in [-0.25, -0.2) is 9.78 Å². The molecule has 29 heavy (non-hydrogen) atoms. The van der Waals surface area contributed by atoms with Gasteiger partial charge in [0.25, 0.3) is 0 Å². The van der Waals surface area contributed by atoms with Crippen LogP contribution in [0.15, 0.2) is 67.0 Å². The summed E-state index contributed by atoms with van der Waals surface area (Å²) >= 11 is 0. The van der Waals surface area contributed by atoms with Crippen LogP contribution in [-0.2, 0) is 13.0 Å². The zero-order valence-electron chi connectivity index (χ0n) is 16.0. The van der Waals surface area contributed by atoms with E-state index in [-0.39, 0.29) is 5.69 Å². The molecule has 2 aromatic carbocycles. The summed E-state index contributed by atoms with van der Waals surface area (Å²) in [6.07, 6.45) is 6.44. The Morgan fingerprint density at radius 2 is 1.90 bits per heavy atom. The highest BCUT2D eigenvalue weighted by atomic mass is 16.4. The maximum Gasteiger partial charge on any atom is 0.356 e. The summed E-state index contributed by atoms with van der Waals surface area (Å²) in [5, 5.41) is 10.7. The monoisotopic (exact) mass is 383 g/mol. The zero-order valence-corrected chi connectivity index (χ0v) is 16.0. The second-order valence-corrected chi connectivity index (χ2v) is 7.67. The van der Waals surface area contributed by atoms with Crippen LogP contribution in [-0.4, -0.2) is 25.6 Å². The lowest BCUT2D eigenvalue weighted by molar-refractivity contribution is 0.0688. The van der Waals surface area contributed by atoms with Crippen LogP contribution in [0.25, 0.3) is 10.9 Å². The summed E-state index contributed by atoms with van der Waals surface area (Å²) in [5.74, 6) is -0.625. The summed E-state index contributed by atoms with van der Waals surface area (Å²) in [6.45, 7) is 0.820. The van der Waals surface area contributed by atoms with Gasteiger partial charge < -0.3 is 9.67 Å². The number of nitrogens with zero attached hydrogens (tertiary/aromatic N) is 3. The van der Waals surface area contributed by atoms with E-state index in [9.17, 15) is 9.90 Å². The summed E-state index contributed by atoms with van der Waals surface area (Å²) in [6, 6.07) is 18.7. The Kier molecular flexibility index (Phi) is 4.35. The fourth-order valence-electron chi connectivity index (χ4n) is 3.78. The minimum Gasteiger partial charge on any atom is -0.476 e. The third-order valence-corrected chi connectivity index (χ3v) is 5.47. The Morgan fingerprint density at radius 1 is 1.07 bits per heavy atom. The van der Waals surface area contributed by atoms with E-state index in [2.05, 4.69) is 63.2 Å². The first kappa shape index (κ1) is 17.6. The molecule has 0 saturated heterocycles. The quantitative estimate of drug-likeness (QED) is 0.526. The van der Waals surface area contributed by atoms with Gasteiger partial charge in [-0.2, -0.15) is 0 Å². The van der Waals surface area contributed by atoms with Crippen molar-refractivity contribution in [1.29, 1.82) is 0 Å². The second kappa shape index (κ2) is 7.17. The minimum absolute atomic E-state index is 0.0798. The Balaban J connectivity index is 1.42. The summed E-state index contributed by atoms with van der Waals surface area (Å²) < 4.78 is 2.22. The normalized spacial score (nSPS) is 13.7. The summed E-state index contributed by atoms with van der Waals surface area (Å²) in [7, 11) is 0. The van der Waals surface area contributed by atoms with Crippen molar-refractivity contribution in [1.82, 2.24) is 14.5 Å². The average molecular weight is 383 g/mol. The van der Waals surface area contributed by atoms with Crippen LogP contribution in [0, 0.1) is 0 Å². The average Bonchev–Trinajstić information content (AvgIpc) is 3.51. The predicted octanol–water partition coefficient (Wildman–Crippen LogP) is 4.65. The molecule has 1 fully saturated rings. The van der Waals surface area contributed by atoms with Gasteiger partial charge in [-0.05, 0) is 47.6 Å². The highest BCUT2D eigenvalue weighted by molar-refractivity contribution is 5.87. The van der Waals surface area contributed by atoms with E-state index in [0.717, 1.165) is 41.5 Å². The molecule has 1 aliphatic rings. The van der Waals surface area contributed by atoms with Gasteiger partial charge in [0, 0.05) is 36.8 Å². The third-order valence-electron chi connectivity index (χ3n) is 5.47. The molecule has 144 valence electrons. The fraction of sp³-hybridized carbons (Fsp3) is 0.208. The molecule has 0 atom stereocenters. The van der Waals surface area contributed by atoms with Crippen molar-refractivity contribution in [2.24, 2.45) is 0 Å². The van der Waals surface area contributed by atoms with E-state index in [1.54, 1.807) is 6.20 Å². The van der Waals surface area contributed by atoms with Gasteiger partial charge in [0.05, 0.1) is 11.4 Å². The van der Waals surface area contributed by atoms with Gasteiger partial charge in [-0.15, -0.1) is 0 Å². The SMILES string of the molecule is O=C(O)c1nc(C2CC2)cnc1Cc1ccc2c(ccn2Cc2ccccc2)c1. The highest BCUT2D eigenvalue weighted by Gasteiger charge is 2.27. The molecular weight excluding hydrogens is 362 g/mol. The third kappa shape index (κ3) is 3.63. The van der Waals surface area contributed by atoms with Crippen LogP contribution >= 0.6 is 0 Å². The number of fused-ring (bicyclic) bond motifs is 1. The largest absolute Gasteiger partial charge is 0.476 e. The zero-order chi connectivity index (χ0) is 19.8. The molecule has 1 saturated carbocycles. The van der Waals surface area contributed by atoms with Gasteiger partial charge in [-0.3, -0.25) is 4.98 Å². The smallest absolute Gasteiger partial charge is 0.356 e. The van der Waals surface area contributed by atoms with Crippen LogP contribution in [0.5, 0.6) is 0 Å². The van der Waals surface area contributed by atoms with Crippen LogP contribution in [0.4, 0.5) is 0 Å². The molecule has 1 N–H and O–H groups in total. The van der Waals surface area contributed by atoms with Crippen LogP contribution in [0.3, 0.4) is 0 Å². The number of rotatable bonds is 6. The fourth-order valence-corrected chi connectivity index (χ4v) is 3.78. The Labute approximate surface area is 168 Å². The van der Waals surface area contributed by atoms with E-state index >= 15 is 0 Å². The number of carbonyl (C=O) groups is 1. The van der Waals surface area contributed by atoms with Gasteiger partial charge in [0.1, 0.15) is 0 Å². The molecule has 5 rings (SSSR count). The second-order valence-electron chi connectivity index (χ2n) is 7.67. The first-order valence-corrected chi connectivity index (χ1v) is 9.88. The number of aromatic carboxylic acids is 1. The van der Waals surface area contributed by atoms with Crippen molar-refractivity contribution in [3.8, 4) is 0 Å². The number of carboxylic acid groups (broad SMARTS) is 1. The van der Waals surface area contributed by atoms with Crippen molar-refractivity contribution in [2.75, 3.05) is 0 Å². The molecule has 0 unspecified atom stereocenters. The molecule has 2 aromatic heterocycles. The lowest BCUT2D eigenvalue weighted by Gasteiger charge is -2.09. The highest BCUT2D eigenvalue weighted by Crippen LogP contribution is 2.38. The van der Waals surface area contributed by atoms with Crippen LogP contribution in [0.1, 0.15) is 51.8 Å². The number of aromatic nitrogens is 3. The van der Waals surface area contributed by atoms with Crippen molar-refractivity contribution in [3.63, 3.8) is 0 Å². The standard InChI is InChI=1S/C24H21N3O2/c28-24(29)23-20(25-14-21(26-23)18-7-8-18)13-17-6-9-22-19(12-17)10-11-27(22)15-16-4-2-1-3-5-16/h1-6,9-12,14,18H,7-8,13,15H2,(H,28,29). The molecule has 4 aromatic rings. The predicted molar refractivity (Wildman–Crippen MR) is 111 cm³/mol. The van der Waals surface area contributed by atoms with E-state index in [1.807, 2.05) is 12.1 Å². The molecule has 1 aliphatic carbocycles. The molecular formula is C24H21N3O2.